The Kier molecular flexibility index (Phi) is 3.91. The number of amides is 1. The Morgan fingerprint density at radius 2 is 1.74 bits per heavy atom. The minimum absolute atomic E-state index is 0.0182. The molecule has 1 aromatic carbocycles. The fraction of sp³-hybridized carbons (Fsp3) is 0.250. The second-order valence-corrected chi connectivity index (χ2v) is 5.73. The van der Waals surface area contributed by atoms with E-state index in [1.807, 2.05) is 11.4 Å². The molecule has 2 heterocycles. The van der Waals surface area contributed by atoms with Gasteiger partial charge < -0.3 is 9.30 Å². The van der Waals surface area contributed by atoms with Gasteiger partial charge in [0.05, 0.1) is 5.69 Å². The van der Waals surface area contributed by atoms with E-state index >= 15 is 0 Å². The predicted octanol–water partition coefficient (Wildman–Crippen LogP) is 4.45. The molecule has 3 rings (SSSR count). The van der Waals surface area contributed by atoms with Crippen molar-refractivity contribution in [1.82, 2.24) is 4.57 Å². The van der Waals surface area contributed by atoms with E-state index in [0.29, 0.717) is 6.07 Å². The number of nitrogens with one attached hydrogen (secondary N) is 1. The van der Waals surface area contributed by atoms with E-state index in [4.69, 9.17) is 5.26 Å². The van der Waals surface area contributed by atoms with E-state index in [-0.39, 0.29) is 17.0 Å². The number of carbonyl (C=O) groups is 1. The highest BCUT2D eigenvalue weighted by molar-refractivity contribution is 5.90. The van der Waals surface area contributed by atoms with Gasteiger partial charge in [-0.15, -0.1) is 0 Å². The summed E-state index contributed by atoms with van der Waals surface area (Å²) in [6.07, 6.45) is -13.8. The van der Waals surface area contributed by atoms with E-state index in [0.717, 1.165) is 6.07 Å². The molecular weight excluding hydrogens is 380 g/mol. The standard InChI is InChI=1S/C16H9F6N3O2/c1-25-9(7-23)3-5-12(25)8-2-4-11-10(6-8)14(15(17,18)19,16(20,21)22)27-13(26)24-11/h2-6H,1H3,(H,24,26). The summed E-state index contributed by atoms with van der Waals surface area (Å²) in [7, 11) is 1.44. The lowest BCUT2D eigenvalue weighted by molar-refractivity contribution is -0.373. The van der Waals surface area contributed by atoms with Crippen LogP contribution in [0, 0.1) is 11.3 Å². The summed E-state index contributed by atoms with van der Waals surface area (Å²) >= 11 is 0. The first-order valence-electron chi connectivity index (χ1n) is 7.26. The topological polar surface area (TPSA) is 67.0 Å². The van der Waals surface area contributed by atoms with Crippen molar-refractivity contribution < 1.29 is 35.9 Å². The molecule has 0 bridgehead atoms. The van der Waals surface area contributed by atoms with Crippen molar-refractivity contribution in [1.29, 1.82) is 5.26 Å². The van der Waals surface area contributed by atoms with Crippen molar-refractivity contribution in [2.24, 2.45) is 7.05 Å². The Morgan fingerprint density at radius 3 is 2.26 bits per heavy atom. The van der Waals surface area contributed by atoms with Crippen LogP contribution in [-0.4, -0.2) is 23.0 Å². The van der Waals surface area contributed by atoms with Gasteiger partial charge in [-0.2, -0.15) is 31.6 Å². The molecule has 27 heavy (non-hydrogen) atoms. The van der Waals surface area contributed by atoms with Crippen molar-refractivity contribution in [2.45, 2.75) is 18.0 Å². The zero-order valence-electron chi connectivity index (χ0n) is 13.4. The molecule has 1 N–H and O–H groups in total. The van der Waals surface area contributed by atoms with Crippen molar-refractivity contribution in [3.05, 3.63) is 41.6 Å². The van der Waals surface area contributed by atoms with Crippen LogP contribution in [-0.2, 0) is 17.4 Å². The van der Waals surface area contributed by atoms with Crippen LogP contribution in [0.15, 0.2) is 30.3 Å². The fourth-order valence-corrected chi connectivity index (χ4v) is 2.93. The molecular formula is C16H9F6N3O2. The van der Waals surface area contributed by atoms with E-state index < -0.39 is 35.3 Å². The van der Waals surface area contributed by atoms with Crippen LogP contribution in [0.4, 0.5) is 36.8 Å². The quantitative estimate of drug-likeness (QED) is 0.733. The Bertz CT molecular complexity index is 954. The first kappa shape index (κ1) is 18.6. The molecule has 2 aromatic rings. The minimum atomic E-state index is -5.96. The number of hydrogen-bond donors (Lipinski definition) is 1. The summed E-state index contributed by atoms with van der Waals surface area (Å²) in [5.41, 5.74) is -6.42. The Labute approximate surface area is 147 Å². The Hall–Kier alpha value is -3.16. The van der Waals surface area contributed by atoms with Gasteiger partial charge in [0.1, 0.15) is 11.8 Å². The number of ether oxygens (including phenoxy) is 1. The molecule has 0 spiro atoms. The molecule has 0 saturated heterocycles. The first-order valence-corrected chi connectivity index (χ1v) is 7.26. The van der Waals surface area contributed by atoms with Crippen LogP contribution in [0.25, 0.3) is 11.3 Å². The van der Waals surface area contributed by atoms with Gasteiger partial charge in [0.15, 0.2) is 0 Å². The summed E-state index contributed by atoms with van der Waals surface area (Å²) in [5, 5.41) is 10.8. The van der Waals surface area contributed by atoms with Crippen LogP contribution in [0.3, 0.4) is 0 Å². The molecule has 0 unspecified atom stereocenters. The third-order valence-corrected chi connectivity index (χ3v) is 4.21. The molecule has 0 aliphatic carbocycles. The Morgan fingerprint density at radius 1 is 1.11 bits per heavy atom. The number of benzene rings is 1. The van der Waals surface area contributed by atoms with Gasteiger partial charge in [-0.25, -0.2) is 4.79 Å². The minimum Gasteiger partial charge on any atom is -0.418 e. The highest BCUT2D eigenvalue weighted by Crippen LogP contribution is 2.56. The number of carbonyl (C=O) groups excluding carboxylic acids is 1. The summed E-state index contributed by atoms with van der Waals surface area (Å²) in [5.74, 6) is 0. The number of anilines is 1. The monoisotopic (exact) mass is 389 g/mol. The molecule has 11 heteroatoms. The van der Waals surface area contributed by atoms with Crippen LogP contribution in [0.2, 0.25) is 0 Å². The van der Waals surface area contributed by atoms with Gasteiger partial charge in [-0.05, 0) is 29.8 Å². The van der Waals surface area contributed by atoms with Gasteiger partial charge in [0.2, 0.25) is 0 Å². The van der Waals surface area contributed by atoms with Crippen molar-refractivity contribution in [3.63, 3.8) is 0 Å². The molecule has 1 amide bonds. The average molecular weight is 389 g/mol. The summed E-state index contributed by atoms with van der Waals surface area (Å²) in [6.45, 7) is 0. The van der Waals surface area contributed by atoms with Crippen LogP contribution < -0.4 is 5.32 Å². The average Bonchev–Trinajstić information content (AvgIpc) is 2.92. The predicted molar refractivity (Wildman–Crippen MR) is 79.5 cm³/mol. The molecule has 1 aromatic heterocycles. The van der Waals surface area contributed by atoms with E-state index in [2.05, 4.69) is 4.74 Å². The number of nitrogens with zero attached hydrogens (tertiary/aromatic N) is 2. The third kappa shape index (κ3) is 2.59. The molecule has 0 saturated carbocycles. The molecule has 1 aliphatic heterocycles. The first-order chi connectivity index (χ1) is 12.4. The van der Waals surface area contributed by atoms with Gasteiger partial charge >= 0.3 is 24.0 Å². The zero-order chi connectivity index (χ0) is 20.2. The number of nitriles is 1. The van der Waals surface area contributed by atoms with E-state index in [1.54, 1.807) is 0 Å². The Balaban J connectivity index is 2.31. The SMILES string of the molecule is Cn1c(C#N)ccc1-c1ccc2c(c1)C(C(F)(F)F)(C(F)(F)F)OC(=O)N2. The second-order valence-electron chi connectivity index (χ2n) is 5.73. The van der Waals surface area contributed by atoms with Gasteiger partial charge in [-0.3, -0.25) is 5.32 Å². The summed E-state index contributed by atoms with van der Waals surface area (Å²) in [4.78, 5) is 11.4. The number of cyclic esters (lactones) is 1. The van der Waals surface area contributed by atoms with Gasteiger partial charge in [0.25, 0.3) is 0 Å². The number of hydrogen-bond acceptors (Lipinski definition) is 3. The molecule has 5 nitrogen and oxygen atoms in total. The van der Waals surface area contributed by atoms with E-state index in [9.17, 15) is 31.1 Å². The van der Waals surface area contributed by atoms with Gasteiger partial charge in [0, 0.05) is 18.3 Å². The maximum absolute atomic E-state index is 13.5. The molecule has 0 radical (unpaired) electrons. The van der Waals surface area contributed by atoms with Crippen LogP contribution in [0.1, 0.15) is 11.3 Å². The van der Waals surface area contributed by atoms with Crippen molar-refractivity contribution in [3.8, 4) is 17.3 Å². The second kappa shape index (κ2) is 5.67. The number of alkyl halides is 6. The summed E-state index contributed by atoms with van der Waals surface area (Å²) in [6, 6.07) is 7.40. The fourth-order valence-electron chi connectivity index (χ4n) is 2.93. The number of halogens is 6. The van der Waals surface area contributed by atoms with E-state index in [1.165, 1.54) is 29.8 Å². The van der Waals surface area contributed by atoms with Gasteiger partial charge in [-0.1, -0.05) is 6.07 Å². The highest BCUT2D eigenvalue weighted by Gasteiger charge is 2.77. The zero-order valence-corrected chi connectivity index (χ0v) is 13.4. The summed E-state index contributed by atoms with van der Waals surface area (Å²) < 4.78 is 86.4. The molecule has 0 atom stereocenters. The normalized spacial score (nSPS) is 16.1. The number of fused-ring (bicyclic) bond motifs is 1. The largest absolute Gasteiger partial charge is 0.442 e. The molecule has 0 fully saturated rings. The lowest BCUT2D eigenvalue weighted by Gasteiger charge is -2.40. The third-order valence-electron chi connectivity index (χ3n) is 4.21. The van der Waals surface area contributed by atoms with Crippen molar-refractivity contribution >= 4 is 11.8 Å². The highest BCUT2D eigenvalue weighted by atomic mass is 19.4. The maximum atomic E-state index is 13.5. The van der Waals surface area contributed by atoms with Crippen LogP contribution in [0.5, 0.6) is 0 Å². The molecule has 142 valence electrons. The lowest BCUT2D eigenvalue weighted by Crippen LogP contribution is -2.59. The smallest absolute Gasteiger partial charge is 0.418 e. The number of rotatable bonds is 1. The molecule has 1 aliphatic rings. The lowest BCUT2D eigenvalue weighted by atomic mass is 9.87. The van der Waals surface area contributed by atoms with Crippen molar-refractivity contribution in [2.75, 3.05) is 5.32 Å². The van der Waals surface area contributed by atoms with Crippen LogP contribution >= 0.6 is 0 Å². The number of aromatic nitrogens is 1. The maximum Gasteiger partial charge on any atom is 0.442 e.